The van der Waals surface area contributed by atoms with Gasteiger partial charge in [0.1, 0.15) is 6.54 Å². The van der Waals surface area contributed by atoms with Gasteiger partial charge in [0.15, 0.2) is 0 Å². The molecule has 1 fully saturated rings. The Hall–Kier alpha value is -2.24. The molecule has 1 heterocycles. The van der Waals surface area contributed by atoms with Gasteiger partial charge in [-0.05, 0) is 26.0 Å². The number of hydrogen-bond donors (Lipinski definition) is 1. The topological polar surface area (TPSA) is 61.9 Å². The smallest absolute Gasteiger partial charge is 0.407 e. The van der Waals surface area contributed by atoms with Crippen LogP contribution in [0.25, 0.3) is 0 Å². The molecule has 0 radical (unpaired) electrons. The van der Waals surface area contributed by atoms with E-state index in [0.717, 1.165) is 13.1 Å². The molecule has 0 aliphatic carbocycles. The maximum atomic E-state index is 12.2. The number of anilines is 1. The first-order valence-corrected chi connectivity index (χ1v) is 7.44. The van der Waals surface area contributed by atoms with Crippen LogP contribution in [0.5, 0.6) is 0 Å². The third kappa shape index (κ3) is 3.90. The third-order valence-electron chi connectivity index (χ3n) is 3.92. The van der Waals surface area contributed by atoms with Gasteiger partial charge in [-0.2, -0.15) is 0 Å². The first-order valence-electron chi connectivity index (χ1n) is 7.44. The number of benzene rings is 1. The fourth-order valence-electron chi connectivity index (χ4n) is 2.64. The normalized spacial score (nSPS) is 18.0. The van der Waals surface area contributed by atoms with Crippen molar-refractivity contribution in [1.82, 2.24) is 10.2 Å². The number of hydrogen-bond acceptors (Lipinski definition) is 4. The number of alkyl carbamates (subject to hydrolysis) is 1. The molecule has 1 atom stereocenters. The molecular formula is C16H23N3O3. The molecule has 1 aliphatic heterocycles. The van der Waals surface area contributed by atoms with Crippen molar-refractivity contribution in [1.29, 1.82) is 0 Å². The van der Waals surface area contributed by atoms with Gasteiger partial charge in [-0.1, -0.05) is 17.7 Å². The van der Waals surface area contributed by atoms with Crippen molar-refractivity contribution in [3.05, 3.63) is 29.8 Å². The molecule has 2 amide bonds. The van der Waals surface area contributed by atoms with Crippen molar-refractivity contribution in [2.24, 2.45) is 0 Å². The molecule has 1 N–H and O–H groups in total. The van der Waals surface area contributed by atoms with Crippen LogP contribution in [0.15, 0.2) is 24.3 Å². The second-order valence-electron chi connectivity index (χ2n) is 5.56. The van der Waals surface area contributed by atoms with Gasteiger partial charge in [0, 0.05) is 31.4 Å². The zero-order valence-electron chi connectivity index (χ0n) is 13.3. The number of piperazine rings is 1. The lowest BCUT2D eigenvalue weighted by Gasteiger charge is -2.41. The Bertz CT molecular complexity index is 530. The summed E-state index contributed by atoms with van der Waals surface area (Å²) in [5, 5.41) is 2.43. The van der Waals surface area contributed by atoms with E-state index in [2.05, 4.69) is 46.1 Å². The summed E-state index contributed by atoms with van der Waals surface area (Å²) in [5.41, 5.74) is 2.41. The molecule has 0 aromatic heterocycles. The summed E-state index contributed by atoms with van der Waals surface area (Å²) in [6.45, 7) is 6.29. The fraction of sp³-hybridized carbons (Fsp3) is 0.500. The molecule has 0 saturated carbocycles. The first kappa shape index (κ1) is 16.1. The Morgan fingerprint density at radius 3 is 2.55 bits per heavy atom. The number of carbonyl (C=O) groups excluding carboxylic acids is 2. The number of amides is 2. The molecule has 1 saturated heterocycles. The number of rotatable bonds is 3. The lowest BCUT2D eigenvalue weighted by Crippen LogP contribution is -2.56. The zero-order chi connectivity index (χ0) is 16.1. The molecule has 1 aromatic rings. The van der Waals surface area contributed by atoms with Crippen LogP contribution in [0.3, 0.4) is 0 Å². The number of nitrogens with one attached hydrogen (secondary N) is 1. The van der Waals surface area contributed by atoms with Crippen LogP contribution >= 0.6 is 0 Å². The molecule has 6 heteroatoms. The molecular weight excluding hydrogens is 282 g/mol. The predicted octanol–water partition coefficient (Wildman–Crippen LogP) is 1.39. The minimum atomic E-state index is -0.584. The Labute approximate surface area is 131 Å². The van der Waals surface area contributed by atoms with Crippen molar-refractivity contribution < 1.29 is 14.3 Å². The second-order valence-corrected chi connectivity index (χ2v) is 5.56. The third-order valence-corrected chi connectivity index (χ3v) is 3.92. The van der Waals surface area contributed by atoms with Gasteiger partial charge >= 0.3 is 6.09 Å². The van der Waals surface area contributed by atoms with E-state index in [4.69, 9.17) is 0 Å². The summed E-state index contributed by atoms with van der Waals surface area (Å²) in [6.07, 6.45) is -0.584. The summed E-state index contributed by atoms with van der Waals surface area (Å²) in [5.74, 6) is -0.0820. The van der Waals surface area contributed by atoms with E-state index in [1.54, 1.807) is 4.90 Å². The van der Waals surface area contributed by atoms with E-state index < -0.39 is 6.09 Å². The van der Waals surface area contributed by atoms with Crippen LogP contribution in [-0.4, -0.2) is 56.2 Å². The Balaban J connectivity index is 1.90. The molecule has 1 aliphatic rings. The van der Waals surface area contributed by atoms with E-state index in [9.17, 15) is 9.59 Å². The molecule has 2 rings (SSSR count). The maximum absolute atomic E-state index is 12.2. The van der Waals surface area contributed by atoms with Crippen molar-refractivity contribution in [3.8, 4) is 0 Å². The Kier molecular flexibility index (Phi) is 5.25. The highest BCUT2D eigenvalue weighted by Crippen LogP contribution is 2.19. The Morgan fingerprint density at radius 2 is 1.95 bits per heavy atom. The summed E-state index contributed by atoms with van der Waals surface area (Å²) in [7, 11) is 1.28. The van der Waals surface area contributed by atoms with Crippen molar-refractivity contribution in [3.63, 3.8) is 0 Å². The van der Waals surface area contributed by atoms with E-state index in [-0.39, 0.29) is 18.5 Å². The van der Waals surface area contributed by atoms with Crippen molar-refractivity contribution in [2.75, 3.05) is 38.2 Å². The van der Waals surface area contributed by atoms with Crippen LogP contribution < -0.4 is 10.2 Å². The minimum absolute atomic E-state index is 0.0262. The van der Waals surface area contributed by atoms with Crippen molar-refractivity contribution in [2.45, 2.75) is 19.9 Å². The van der Waals surface area contributed by atoms with Gasteiger partial charge in [0.05, 0.1) is 7.11 Å². The van der Waals surface area contributed by atoms with Crippen LogP contribution in [0.1, 0.15) is 12.5 Å². The molecule has 1 unspecified atom stereocenters. The minimum Gasteiger partial charge on any atom is -0.453 e. The quantitative estimate of drug-likeness (QED) is 0.916. The average molecular weight is 305 g/mol. The molecule has 0 spiro atoms. The van der Waals surface area contributed by atoms with E-state index in [1.807, 2.05) is 6.92 Å². The summed E-state index contributed by atoms with van der Waals surface area (Å²) < 4.78 is 4.47. The first-order chi connectivity index (χ1) is 10.5. The standard InChI is InChI=1S/C16H23N3O3/c1-12-4-6-14(7-5-12)18-8-9-19(13(2)11-18)15(20)10-17-16(21)22-3/h4-7,13H,8-11H2,1-3H3,(H,17,21). The number of carbonyl (C=O) groups is 2. The summed E-state index contributed by atoms with van der Waals surface area (Å²) in [6, 6.07) is 8.51. The monoisotopic (exact) mass is 305 g/mol. The maximum Gasteiger partial charge on any atom is 0.407 e. The van der Waals surface area contributed by atoms with Crippen LogP contribution in [0, 0.1) is 6.92 Å². The van der Waals surface area contributed by atoms with Gasteiger partial charge in [-0.15, -0.1) is 0 Å². The van der Waals surface area contributed by atoms with Crippen LogP contribution in [-0.2, 0) is 9.53 Å². The molecule has 6 nitrogen and oxygen atoms in total. The fourth-order valence-corrected chi connectivity index (χ4v) is 2.64. The van der Waals surface area contributed by atoms with Gasteiger partial charge in [0.2, 0.25) is 5.91 Å². The van der Waals surface area contributed by atoms with E-state index >= 15 is 0 Å². The number of nitrogens with zero attached hydrogens (tertiary/aromatic N) is 2. The largest absolute Gasteiger partial charge is 0.453 e. The molecule has 0 bridgehead atoms. The Morgan fingerprint density at radius 1 is 1.27 bits per heavy atom. The molecule has 1 aromatic carbocycles. The van der Waals surface area contributed by atoms with Gasteiger partial charge in [-0.3, -0.25) is 4.79 Å². The predicted molar refractivity (Wildman–Crippen MR) is 85.0 cm³/mol. The average Bonchev–Trinajstić information content (AvgIpc) is 2.52. The zero-order valence-corrected chi connectivity index (χ0v) is 13.3. The molecule has 22 heavy (non-hydrogen) atoms. The molecule has 120 valence electrons. The van der Waals surface area contributed by atoms with E-state index in [0.29, 0.717) is 6.54 Å². The SMILES string of the molecule is COC(=O)NCC(=O)N1CCN(c2ccc(C)cc2)CC1C. The second kappa shape index (κ2) is 7.15. The van der Waals surface area contributed by atoms with Gasteiger partial charge in [-0.25, -0.2) is 4.79 Å². The highest BCUT2D eigenvalue weighted by Gasteiger charge is 2.27. The lowest BCUT2D eigenvalue weighted by atomic mass is 10.1. The summed E-state index contributed by atoms with van der Waals surface area (Å²) in [4.78, 5) is 27.3. The van der Waals surface area contributed by atoms with Gasteiger partial charge < -0.3 is 19.9 Å². The number of ether oxygens (including phenoxy) is 1. The highest BCUT2D eigenvalue weighted by molar-refractivity contribution is 5.82. The number of aryl methyl sites for hydroxylation is 1. The van der Waals surface area contributed by atoms with Crippen LogP contribution in [0.4, 0.5) is 10.5 Å². The van der Waals surface area contributed by atoms with Crippen molar-refractivity contribution >= 4 is 17.7 Å². The van der Waals surface area contributed by atoms with E-state index in [1.165, 1.54) is 18.4 Å². The lowest BCUT2D eigenvalue weighted by molar-refractivity contribution is -0.132. The van der Waals surface area contributed by atoms with Crippen LogP contribution in [0.2, 0.25) is 0 Å². The summed E-state index contributed by atoms with van der Waals surface area (Å²) >= 11 is 0. The number of methoxy groups -OCH3 is 1. The van der Waals surface area contributed by atoms with Gasteiger partial charge in [0.25, 0.3) is 0 Å². The highest BCUT2D eigenvalue weighted by atomic mass is 16.5.